The lowest BCUT2D eigenvalue weighted by molar-refractivity contribution is -0.143. The molecule has 0 spiro atoms. The molecule has 3 aliphatic heterocycles. The van der Waals surface area contributed by atoms with Crippen LogP contribution in [0.15, 0.2) is 96.3 Å². The highest BCUT2D eigenvalue weighted by molar-refractivity contribution is 6.13. The van der Waals surface area contributed by atoms with E-state index in [1.54, 1.807) is 30.5 Å². The molecule has 8 rings (SSSR count). The second-order valence-electron chi connectivity index (χ2n) is 13.8. The van der Waals surface area contributed by atoms with Crippen molar-refractivity contribution in [3.05, 3.63) is 113 Å². The second-order valence-corrected chi connectivity index (χ2v) is 13.8. The summed E-state index contributed by atoms with van der Waals surface area (Å²) in [6.45, 7) is 1.71. The Labute approximate surface area is 287 Å². The van der Waals surface area contributed by atoms with Crippen molar-refractivity contribution in [3.63, 3.8) is 0 Å². The van der Waals surface area contributed by atoms with Crippen molar-refractivity contribution >= 4 is 35.3 Å². The Kier molecular flexibility index (Phi) is 7.39. The van der Waals surface area contributed by atoms with Gasteiger partial charge in [0.15, 0.2) is 0 Å². The number of nitrogens with one attached hydrogen (secondary N) is 1. The van der Waals surface area contributed by atoms with Crippen molar-refractivity contribution in [2.24, 2.45) is 29.6 Å². The minimum absolute atomic E-state index is 0.0580. The average Bonchev–Trinajstić information content (AvgIpc) is 3.48. The molecule has 3 aromatic rings. The number of carboxylic acid groups (broad SMARTS) is 1. The number of aromatic hydroxyl groups is 1. The molecule has 0 aromatic heterocycles. The van der Waals surface area contributed by atoms with E-state index in [0.717, 1.165) is 21.0 Å². The summed E-state index contributed by atoms with van der Waals surface area (Å²) in [4.78, 5) is 70.1. The molecule has 50 heavy (non-hydrogen) atoms. The number of imide groups is 2. The SMILES string of the molecule is Cc1ccc(NN2C(=O)C3CC4C(=CCC5C(=O)N(CCC(=O)O)C(=O)C54)C(C4=COc5ccc(O)cc5C4)C3(c3ccccc3)C2=O)cc1. The van der Waals surface area contributed by atoms with Crippen molar-refractivity contribution in [2.45, 2.75) is 38.0 Å². The molecule has 6 unspecified atom stereocenters. The number of nitrogens with zero attached hydrogens (tertiary/aromatic N) is 2. The summed E-state index contributed by atoms with van der Waals surface area (Å²) in [7, 11) is 0. The maximum Gasteiger partial charge on any atom is 0.305 e. The number of allylic oxidation sites excluding steroid dienone is 3. The number of phenolic OH excluding ortho intramolecular Hbond substituents is 1. The molecule has 3 heterocycles. The number of rotatable bonds is 7. The fraction of sp³-hybridized carbons (Fsp3) is 0.308. The lowest BCUT2D eigenvalue weighted by atomic mass is 9.48. The minimum Gasteiger partial charge on any atom is -0.508 e. The molecule has 3 aromatic carbocycles. The summed E-state index contributed by atoms with van der Waals surface area (Å²) in [5.74, 6) is -5.99. The predicted molar refractivity (Wildman–Crippen MR) is 179 cm³/mol. The van der Waals surface area contributed by atoms with Gasteiger partial charge in [-0.05, 0) is 67.2 Å². The van der Waals surface area contributed by atoms with E-state index in [1.807, 2.05) is 55.5 Å². The summed E-state index contributed by atoms with van der Waals surface area (Å²) < 4.78 is 6.13. The molecule has 1 saturated carbocycles. The Hall–Kier alpha value is -5.71. The summed E-state index contributed by atoms with van der Waals surface area (Å²) in [5.41, 5.74) is 6.05. The van der Waals surface area contributed by atoms with Crippen LogP contribution in [0.3, 0.4) is 0 Å². The van der Waals surface area contributed by atoms with Crippen LogP contribution in [0.4, 0.5) is 5.69 Å². The number of hydrogen-bond donors (Lipinski definition) is 3. The smallest absolute Gasteiger partial charge is 0.305 e. The zero-order valence-corrected chi connectivity index (χ0v) is 27.2. The van der Waals surface area contributed by atoms with E-state index in [4.69, 9.17) is 4.74 Å². The third-order valence-electron chi connectivity index (χ3n) is 11.2. The molecule has 4 amide bonds. The summed E-state index contributed by atoms with van der Waals surface area (Å²) in [6.07, 6.45) is 3.87. The summed E-state index contributed by atoms with van der Waals surface area (Å²) in [6, 6.07) is 21.4. The normalized spacial score (nSPS) is 28.2. The van der Waals surface area contributed by atoms with Gasteiger partial charge in [0.1, 0.15) is 11.5 Å². The topological polar surface area (TPSA) is 154 Å². The van der Waals surface area contributed by atoms with Gasteiger partial charge in [-0.1, -0.05) is 59.7 Å². The summed E-state index contributed by atoms with van der Waals surface area (Å²) >= 11 is 0. The van der Waals surface area contributed by atoms with Gasteiger partial charge in [-0.15, -0.1) is 0 Å². The highest BCUT2D eigenvalue weighted by atomic mass is 16.5. The molecule has 5 aliphatic rings. The number of aliphatic carboxylic acids is 1. The molecular formula is C39H35N3O8. The van der Waals surface area contributed by atoms with Gasteiger partial charge < -0.3 is 14.9 Å². The third kappa shape index (κ3) is 4.67. The Balaban J connectivity index is 1.30. The molecule has 0 radical (unpaired) electrons. The number of ether oxygens (including phenoxy) is 1. The Morgan fingerprint density at radius 2 is 1.72 bits per heavy atom. The maximum atomic E-state index is 15.2. The monoisotopic (exact) mass is 673 g/mol. The molecule has 0 bridgehead atoms. The number of benzene rings is 3. The van der Waals surface area contributed by atoms with Gasteiger partial charge in [0.05, 0.1) is 41.5 Å². The number of aryl methyl sites for hydroxylation is 1. The Morgan fingerprint density at radius 1 is 0.960 bits per heavy atom. The van der Waals surface area contributed by atoms with Crippen LogP contribution in [-0.2, 0) is 35.8 Å². The zero-order valence-electron chi connectivity index (χ0n) is 27.2. The van der Waals surface area contributed by atoms with E-state index in [0.29, 0.717) is 34.6 Å². The zero-order chi connectivity index (χ0) is 34.9. The fourth-order valence-corrected chi connectivity index (χ4v) is 9.06. The van der Waals surface area contributed by atoms with Gasteiger partial charge in [-0.2, -0.15) is 5.01 Å². The first-order valence-corrected chi connectivity index (χ1v) is 16.8. The number of amides is 4. The minimum atomic E-state index is -1.44. The molecule has 11 heteroatoms. The Morgan fingerprint density at radius 3 is 2.46 bits per heavy atom. The number of hydrogen-bond acceptors (Lipinski definition) is 8. The van der Waals surface area contributed by atoms with Crippen molar-refractivity contribution in [2.75, 3.05) is 12.0 Å². The van der Waals surface area contributed by atoms with Crippen molar-refractivity contribution < 1.29 is 38.9 Å². The molecule has 254 valence electrons. The number of phenols is 1. The lowest BCUT2D eigenvalue weighted by Gasteiger charge is -2.51. The lowest BCUT2D eigenvalue weighted by Crippen LogP contribution is -2.55. The third-order valence-corrected chi connectivity index (χ3v) is 11.2. The number of carbonyl (C=O) groups is 5. The first-order valence-electron chi connectivity index (χ1n) is 16.8. The van der Waals surface area contributed by atoms with E-state index in [2.05, 4.69) is 5.43 Å². The predicted octanol–water partition coefficient (Wildman–Crippen LogP) is 4.51. The van der Waals surface area contributed by atoms with Crippen molar-refractivity contribution in [1.82, 2.24) is 9.91 Å². The molecule has 3 N–H and O–H groups in total. The first kappa shape index (κ1) is 31.6. The fourth-order valence-electron chi connectivity index (χ4n) is 9.06. The molecule has 3 fully saturated rings. The van der Waals surface area contributed by atoms with E-state index < -0.39 is 64.6 Å². The molecule has 2 aliphatic carbocycles. The van der Waals surface area contributed by atoms with E-state index in [9.17, 15) is 29.4 Å². The van der Waals surface area contributed by atoms with Gasteiger partial charge in [-0.25, -0.2) is 0 Å². The number of carboxylic acids is 1. The number of hydrazine groups is 1. The van der Waals surface area contributed by atoms with E-state index in [1.165, 1.54) is 6.07 Å². The number of anilines is 1. The number of likely N-dealkylation sites (tertiary alicyclic amines) is 1. The van der Waals surface area contributed by atoms with Crippen LogP contribution in [0, 0.1) is 36.5 Å². The standard InChI is InChI=1S/C39H35N3O8/c1-21-7-9-25(10-8-21)40-42-36(47)30-19-29-27(12-13-28-33(29)37(48)41(35(28)46)16-15-32(44)45)34(39(30,38(42)49)24-5-3-2-4-6-24)23-17-22-18-26(43)11-14-31(22)50-20-23/h2-12,14,18,20,28-30,33-34,40,43H,13,15-17,19H2,1H3,(H,44,45). The molecule has 2 saturated heterocycles. The summed E-state index contributed by atoms with van der Waals surface area (Å²) in [5, 5.41) is 20.8. The van der Waals surface area contributed by atoms with Crippen LogP contribution in [0.25, 0.3) is 0 Å². The largest absolute Gasteiger partial charge is 0.508 e. The van der Waals surface area contributed by atoms with Gasteiger partial charge >= 0.3 is 5.97 Å². The van der Waals surface area contributed by atoms with E-state index >= 15 is 4.79 Å². The van der Waals surface area contributed by atoms with Gasteiger partial charge in [-0.3, -0.25) is 34.3 Å². The quantitative estimate of drug-likeness (QED) is 0.243. The number of fused-ring (bicyclic) bond motifs is 5. The van der Waals surface area contributed by atoms with Crippen LogP contribution >= 0.6 is 0 Å². The van der Waals surface area contributed by atoms with Crippen LogP contribution in [0.1, 0.15) is 36.0 Å². The van der Waals surface area contributed by atoms with Crippen LogP contribution in [0.5, 0.6) is 11.5 Å². The van der Waals surface area contributed by atoms with Gasteiger partial charge in [0, 0.05) is 24.4 Å². The van der Waals surface area contributed by atoms with Crippen LogP contribution < -0.4 is 10.2 Å². The first-order chi connectivity index (χ1) is 24.1. The average molecular weight is 674 g/mol. The van der Waals surface area contributed by atoms with Crippen molar-refractivity contribution in [3.8, 4) is 11.5 Å². The number of carbonyl (C=O) groups excluding carboxylic acids is 4. The highest BCUT2D eigenvalue weighted by Gasteiger charge is 2.70. The molecule has 11 nitrogen and oxygen atoms in total. The highest BCUT2D eigenvalue weighted by Crippen LogP contribution is 2.63. The van der Waals surface area contributed by atoms with Gasteiger partial charge in [0.25, 0.3) is 11.8 Å². The second kappa shape index (κ2) is 11.7. The van der Waals surface area contributed by atoms with E-state index in [-0.39, 0.29) is 31.6 Å². The molecule has 6 atom stereocenters. The van der Waals surface area contributed by atoms with Crippen LogP contribution in [-0.4, -0.2) is 56.3 Å². The van der Waals surface area contributed by atoms with Crippen molar-refractivity contribution in [1.29, 1.82) is 0 Å². The molecular weight excluding hydrogens is 638 g/mol. The van der Waals surface area contributed by atoms with Gasteiger partial charge in [0.2, 0.25) is 11.8 Å². The Bertz CT molecular complexity index is 2020. The maximum absolute atomic E-state index is 15.2. The van der Waals surface area contributed by atoms with Crippen LogP contribution in [0.2, 0.25) is 0 Å².